The predicted molar refractivity (Wildman–Crippen MR) is 144 cm³/mol. The van der Waals surface area contributed by atoms with Gasteiger partial charge < -0.3 is 25.0 Å². The Bertz CT molecular complexity index is 704. The lowest BCUT2D eigenvalue weighted by Crippen LogP contribution is -2.28. The van der Waals surface area contributed by atoms with Crippen molar-refractivity contribution in [1.82, 2.24) is 9.80 Å². The number of hydrogen-bond donors (Lipinski definition) is 2. The van der Waals surface area contributed by atoms with E-state index in [-0.39, 0.29) is 34.0 Å². The molecule has 2 aliphatic rings. The fourth-order valence-corrected chi connectivity index (χ4v) is 4.46. The molecular formula is C24H40Br2N4O3. The van der Waals surface area contributed by atoms with Gasteiger partial charge in [0, 0.05) is 38.2 Å². The molecule has 0 amide bonds. The van der Waals surface area contributed by atoms with Crippen LogP contribution in [-0.4, -0.2) is 64.7 Å². The van der Waals surface area contributed by atoms with Crippen LogP contribution in [0.3, 0.4) is 0 Å². The Morgan fingerprint density at radius 1 is 0.727 bits per heavy atom. The first-order chi connectivity index (χ1) is 15.3. The standard InChI is InChI=1S/C24H38N4O3.2BrH/c29-25-23(27-16-6-7-17-27)11-5-3-1-2-4-10-20-31-22-14-12-21(13-15-22)24(26-30)28-18-8-9-19-28;;/h12-15,29-30H,1-11,16-20H2;2*1H/b25-23+,26-24-;;. The number of unbranched alkanes of at least 4 members (excludes halogenated alkanes) is 5. The molecule has 188 valence electrons. The van der Waals surface area contributed by atoms with Crippen LogP contribution >= 0.6 is 34.0 Å². The minimum atomic E-state index is 0. The lowest BCUT2D eigenvalue weighted by Gasteiger charge is -2.18. The van der Waals surface area contributed by atoms with Gasteiger partial charge >= 0.3 is 0 Å². The molecule has 2 heterocycles. The molecule has 2 saturated heterocycles. The quantitative estimate of drug-likeness (QED) is 0.107. The molecule has 2 N–H and O–H groups in total. The van der Waals surface area contributed by atoms with E-state index >= 15 is 0 Å². The molecule has 0 atom stereocenters. The minimum Gasteiger partial charge on any atom is -0.494 e. The van der Waals surface area contributed by atoms with Crippen LogP contribution in [0.4, 0.5) is 0 Å². The maximum Gasteiger partial charge on any atom is 0.175 e. The summed E-state index contributed by atoms with van der Waals surface area (Å²) in [5.74, 6) is 2.39. The van der Waals surface area contributed by atoms with Crippen molar-refractivity contribution < 1.29 is 15.2 Å². The monoisotopic (exact) mass is 590 g/mol. The largest absolute Gasteiger partial charge is 0.494 e. The molecule has 0 aliphatic carbocycles. The van der Waals surface area contributed by atoms with Crippen LogP contribution in [0.5, 0.6) is 5.75 Å². The van der Waals surface area contributed by atoms with E-state index in [0.717, 1.165) is 82.0 Å². The highest BCUT2D eigenvalue weighted by Gasteiger charge is 2.18. The number of nitrogens with zero attached hydrogens (tertiary/aromatic N) is 4. The summed E-state index contributed by atoms with van der Waals surface area (Å²) in [6, 6.07) is 7.85. The molecular weight excluding hydrogens is 552 g/mol. The van der Waals surface area contributed by atoms with Gasteiger partial charge in [0.2, 0.25) is 0 Å². The Balaban J connectivity index is 0.00000272. The normalized spacial score (nSPS) is 16.5. The van der Waals surface area contributed by atoms with E-state index in [4.69, 9.17) is 4.74 Å². The Morgan fingerprint density at radius 2 is 1.27 bits per heavy atom. The summed E-state index contributed by atoms with van der Waals surface area (Å²) in [7, 11) is 0. The van der Waals surface area contributed by atoms with Gasteiger partial charge in [-0.05, 0) is 62.8 Å². The van der Waals surface area contributed by atoms with E-state index in [0.29, 0.717) is 5.84 Å². The number of halogens is 2. The van der Waals surface area contributed by atoms with E-state index in [1.165, 1.54) is 38.5 Å². The second-order valence-electron chi connectivity index (χ2n) is 8.57. The average molecular weight is 592 g/mol. The summed E-state index contributed by atoms with van der Waals surface area (Å²) in [4.78, 5) is 4.34. The second-order valence-corrected chi connectivity index (χ2v) is 8.57. The number of ether oxygens (including phenoxy) is 1. The summed E-state index contributed by atoms with van der Waals surface area (Å²) in [5.41, 5.74) is 0.927. The fraction of sp³-hybridized carbons (Fsp3) is 0.667. The molecule has 2 fully saturated rings. The maximum atomic E-state index is 9.37. The van der Waals surface area contributed by atoms with E-state index in [1.54, 1.807) is 0 Å². The number of amidine groups is 2. The van der Waals surface area contributed by atoms with Crippen LogP contribution in [0.2, 0.25) is 0 Å². The van der Waals surface area contributed by atoms with Crippen LogP contribution in [0.25, 0.3) is 0 Å². The molecule has 0 unspecified atom stereocenters. The van der Waals surface area contributed by atoms with Crippen molar-refractivity contribution in [3.05, 3.63) is 29.8 Å². The SMILES string of the molecule is Br.Br.O/N=C(/c1ccc(OCCCCCCCC/C(=N\O)N2CCCC2)cc1)N1CCCC1. The zero-order valence-electron chi connectivity index (χ0n) is 19.5. The van der Waals surface area contributed by atoms with Gasteiger partial charge in [-0.25, -0.2) is 0 Å². The summed E-state index contributed by atoms with van der Waals surface area (Å²) in [5, 5.41) is 25.6. The third kappa shape index (κ3) is 9.73. The molecule has 1 aromatic rings. The first-order valence-electron chi connectivity index (χ1n) is 12.0. The van der Waals surface area contributed by atoms with Crippen molar-refractivity contribution in [2.45, 2.75) is 70.6 Å². The zero-order chi connectivity index (χ0) is 21.7. The minimum absolute atomic E-state index is 0. The van der Waals surface area contributed by atoms with Crippen LogP contribution in [0.1, 0.15) is 76.2 Å². The second kappa shape index (κ2) is 17.0. The predicted octanol–water partition coefficient (Wildman–Crippen LogP) is 6.07. The molecule has 3 rings (SSSR count). The lowest BCUT2D eigenvalue weighted by atomic mass is 10.1. The number of benzene rings is 1. The van der Waals surface area contributed by atoms with Crippen LogP contribution < -0.4 is 4.74 Å². The van der Waals surface area contributed by atoms with Crippen molar-refractivity contribution in [2.24, 2.45) is 10.3 Å². The third-order valence-corrected chi connectivity index (χ3v) is 6.26. The number of likely N-dealkylation sites (tertiary alicyclic amines) is 2. The molecule has 9 heteroatoms. The molecule has 1 aromatic carbocycles. The third-order valence-electron chi connectivity index (χ3n) is 6.26. The smallest absolute Gasteiger partial charge is 0.175 e. The first kappa shape index (κ1) is 29.6. The van der Waals surface area contributed by atoms with E-state index < -0.39 is 0 Å². The van der Waals surface area contributed by atoms with Gasteiger partial charge in [-0.15, -0.1) is 34.0 Å². The maximum absolute atomic E-state index is 9.37. The van der Waals surface area contributed by atoms with Crippen molar-refractivity contribution in [1.29, 1.82) is 0 Å². The van der Waals surface area contributed by atoms with Crippen molar-refractivity contribution in [3.8, 4) is 5.75 Å². The van der Waals surface area contributed by atoms with E-state index in [2.05, 4.69) is 20.1 Å². The van der Waals surface area contributed by atoms with Crippen LogP contribution in [0.15, 0.2) is 34.6 Å². The molecule has 33 heavy (non-hydrogen) atoms. The Labute approximate surface area is 219 Å². The van der Waals surface area contributed by atoms with Gasteiger partial charge in [-0.1, -0.05) is 36.0 Å². The van der Waals surface area contributed by atoms with Gasteiger partial charge in [-0.3, -0.25) is 0 Å². The fourth-order valence-electron chi connectivity index (χ4n) is 4.46. The van der Waals surface area contributed by atoms with Crippen molar-refractivity contribution in [3.63, 3.8) is 0 Å². The Kier molecular flexibility index (Phi) is 15.2. The molecule has 2 aliphatic heterocycles. The van der Waals surface area contributed by atoms with Crippen LogP contribution in [0, 0.1) is 0 Å². The zero-order valence-corrected chi connectivity index (χ0v) is 23.0. The van der Waals surface area contributed by atoms with Gasteiger partial charge in [0.05, 0.1) is 6.61 Å². The Morgan fingerprint density at radius 3 is 1.85 bits per heavy atom. The van der Waals surface area contributed by atoms with Gasteiger partial charge in [-0.2, -0.15) is 0 Å². The molecule has 0 aromatic heterocycles. The van der Waals surface area contributed by atoms with Crippen LogP contribution in [-0.2, 0) is 0 Å². The molecule has 0 saturated carbocycles. The van der Waals surface area contributed by atoms with Gasteiger partial charge in [0.15, 0.2) is 5.84 Å². The van der Waals surface area contributed by atoms with E-state index in [9.17, 15) is 10.4 Å². The molecule has 0 bridgehead atoms. The summed E-state index contributed by atoms with van der Waals surface area (Å²) in [6.07, 6.45) is 12.5. The highest BCUT2D eigenvalue weighted by Crippen LogP contribution is 2.18. The lowest BCUT2D eigenvalue weighted by molar-refractivity contribution is 0.301. The first-order valence-corrected chi connectivity index (χ1v) is 12.0. The van der Waals surface area contributed by atoms with Crippen molar-refractivity contribution in [2.75, 3.05) is 32.8 Å². The highest BCUT2D eigenvalue weighted by molar-refractivity contribution is 8.93. The number of oxime groups is 2. The topological polar surface area (TPSA) is 80.9 Å². The summed E-state index contributed by atoms with van der Waals surface area (Å²) < 4.78 is 5.87. The molecule has 0 spiro atoms. The Hall–Kier alpha value is -1.48. The number of rotatable bonds is 11. The number of hydrogen-bond acceptors (Lipinski definition) is 5. The van der Waals surface area contributed by atoms with Gasteiger partial charge in [0.1, 0.15) is 11.6 Å². The summed E-state index contributed by atoms with van der Waals surface area (Å²) in [6.45, 7) is 4.70. The average Bonchev–Trinajstić information content (AvgIpc) is 3.52. The molecule has 7 nitrogen and oxygen atoms in total. The van der Waals surface area contributed by atoms with Gasteiger partial charge in [0.25, 0.3) is 0 Å². The van der Waals surface area contributed by atoms with Crippen molar-refractivity contribution >= 4 is 45.6 Å². The summed E-state index contributed by atoms with van der Waals surface area (Å²) >= 11 is 0. The highest BCUT2D eigenvalue weighted by atomic mass is 79.9. The van der Waals surface area contributed by atoms with E-state index in [1.807, 2.05) is 24.3 Å². The molecule has 0 radical (unpaired) electrons.